The summed E-state index contributed by atoms with van der Waals surface area (Å²) >= 11 is 0. The van der Waals surface area contributed by atoms with Gasteiger partial charge in [0.1, 0.15) is 0 Å². The highest BCUT2D eigenvalue weighted by Gasteiger charge is 1.81. The zero-order valence-electron chi connectivity index (χ0n) is 8.73. The molecule has 0 aliphatic rings. The molecule has 7 heteroatoms. The Bertz CT molecular complexity index is 160. The molecule has 0 amide bonds. The van der Waals surface area contributed by atoms with Gasteiger partial charge in [-0.3, -0.25) is 14.4 Å². The Morgan fingerprint density at radius 3 is 1.20 bits per heavy atom. The Morgan fingerprint density at radius 2 is 1.20 bits per heavy atom. The summed E-state index contributed by atoms with van der Waals surface area (Å²) in [7, 11) is 0. The van der Waals surface area contributed by atoms with Crippen LogP contribution in [0.4, 0.5) is 0 Å². The lowest BCUT2D eigenvalue weighted by Gasteiger charge is -1.89. The van der Waals surface area contributed by atoms with E-state index >= 15 is 0 Å². The van der Waals surface area contributed by atoms with Gasteiger partial charge >= 0.3 is 5.97 Å². The first-order valence-electron chi connectivity index (χ1n) is 3.76. The quantitative estimate of drug-likeness (QED) is 0.474. The van der Waals surface area contributed by atoms with Gasteiger partial charge in [0.25, 0.3) is 11.9 Å². The fourth-order valence-corrected chi connectivity index (χ4v) is 0.203. The molecule has 0 bridgehead atoms. The number of carboxylic acid groups (broad SMARTS) is 2. The third-order valence-electron chi connectivity index (χ3n) is 0.348. The van der Waals surface area contributed by atoms with Crippen molar-refractivity contribution in [3.8, 4) is 0 Å². The zero-order valence-corrected chi connectivity index (χ0v) is 8.73. The van der Waals surface area contributed by atoms with Gasteiger partial charge in [-0.05, 0) is 6.92 Å². The van der Waals surface area contributed by atoms with Gasteiger partial charge in [0.05, 0.1) is 6.61 Å². The van der Waals surface area contributed by atoms with Crippen molar-refractivity contribution in [3.63, 3.8) is 0 Å². The first-order valence-corrected chi connectivity index (χ1v) is 3.76. The van der Waals surface area contributed by atoms with Crippen molar-refractivity contribution < 1.29 is 29.3 Å². The van der Waals surface area contributed by atoms with E-state index in [9.17, 15) is 4.79 Å². The predicted molar refractivity (Wildman–Crippen MR) is 58.9 cm³/mol. The monoisotopic (exact) mass is 238 g/mol. The molecule has 0 unspecified atom stereocenters. The van der Waals surface area contributed by atoms with Gasteiger partial charge in [-0.25, -0.2) is 0 Å². The zero-order chi connectivity index (χ0) is 12.1. The molecular weight excluding hydrogens is 219 g/mol. The summed E-state index contributed by atoms with van der Waals surface area (Å²) in [6.45, 7) is 5.82. The van der Waals surface area contributed by atoms with E-state index in [4.69, 9.17) is 19.8 Å². The van der Waals surface area contributed by atoms with Gasteiger partial charge in [0.15, 0.2) is 17.4 Å². The fraction of sp³-hybridized carbons (Fsp3) is 0.625. The lowest BCUT2D eigenvalue weighted by atomic mass is 10.8. The largest absolute Gasteiger partial charge is 0.481 e. The predicted octanol–water partition coefficient (Wildman–Crippen LogP) is -0.433. The van der Waals surface area contributed by atoms with E-state index in [0.29, 0.717) is 6.61 Å². The van der Waals surface area contributed by atoms with Crippen LogP contribution in [0.3, 0.4) is 0 Å². The second-order valence-electron chi connectivity index (χ2n) is 1.96. The molecule has 15 heavy (non-hydrogen) atoms. The maximum absolute atomic E-state index is 9.82. The van der Waals surface area contributed by atoms with Crippen LogP contribution in [-0.2, 0) is 19.1 Å². The second kappa shape index (κ2) is 18.7. The van der Waals surface area contributed by atoms with Crippen LogP contribution in [0.5, 0.6) is 0 Å². The molecule has 0 saturated carbocycles. The summed E-state index contributed by atoms with van der Waals surface area (Å²) in [5.41, 5.74) is 0. The molecule has 6 nitrogen and oxygen atoms in total. The molecule has 0 heterocycles. The van der Waals surface area contributed by atoms with E-state index in [1.54, 1.807) is 6.92 Å². The Morgan fingerprint density at radius 1 is 1.00 bits per heavy atom. The Labute approximate surface area is 99.4 Å². The molecule has 0 atom stereocenters. The van der Waals surface area contributed by atoms with Crippen LogP contribution >= 0.6 is 0 Å². The molecule has 90 valence electrons. The molecule has 0 radical (unpaired) electrons. The molecule has 0 saturated heterocycles. The van der Waals surface area contributed by atoms with Crippen molar-refractivity contribution >= 4 is 35.3 Å². The molecule has 0 aromatic carbocycles. The number of carboxylic acids is 2. The molecule has 0 aromatic heterocycles. The molecule has 0 aliphatic heterocycles. The normalized spacial score (nSPS) is 6.40. The molecule has 0 rings (SSSR count). The minimum atomic E-state index is -0.833. The van der Waals surface area contributed by atoms with Crippen LogP contribution in [0.1, 0.15) is 27.7 Å². The van der Waals surface area contributed by atoms with Gasteiger partial charge in [-0.2, -0.15) is 0 Å². The lowest BCUT2D eigenvalue weighted by molar-refractivity contribution is -0.140. The molecule has 0 aromatic rings. The number of aliphatic carboxylic acids is 2. The summed E-state index contributed by atoms with van der Waals surface area (Å²) in [5.74, 6) is -1.88. The standard InChI is InChI=1S/C4H8O2.2C2H4O2.Al.3H/c1-3-6-4(2)5;2*1-2(3)4;;;;/h3H2,1-2H3;2*1H3,(H,3,4);;;;. The molecule has 0 aliphatic carbocycles. The number of carbonyl (C=O) groups excluding carboxylic acids is 1. The van der Waals surface area contributed by atoms with Crippen LogP contribution in [0.25, 0.3) is 0 Å². The van der Waals surface area contributed by atoms with Crippen molar-refractivity contribution in [2.75, 3.05) is 6.61 Å². The number of carbonyl (C=O) groups is 3. The summed E-state index contributed by atoms with van der Waals surface area (Å²) < 4.78 is 4.40. The minimum Gasteiger partial charge on any atom is -0.481 e. The minimum absolute atomic E-state index is 0. The van der Waals surface area contributed by atoms with E-state index in [-0.39, 0.29) is 23.3 Å². The van der Waals surface area contributed by atoms with E-state index in [1.807, 2.05) is 0 Å². The fourth-order valence-electron chi connectivity index (χ4n) is 0.203. The van der Waals surface area contributed by atoms with Gasteiger partial charge in [0.2, 0.25) is 0 Å². The maximum Gasteiger partial charge on any atom is 0.302 e. The van der Waals surface area contributed by atoms with Crippen LogP contribution in [0.2, 0.25) is 0 Å². The van der Waals surface area contributed by atoms with Gasteiger partial charge in [-0.1, -0.05) is 0 Å². The molecule has 2 N–H and O–H groups in total. The van der Waals surface area contributed by atoms with Gasteiger partial charge in [0, 0.05) is 20.8 Å². The van der Waals surface area contributed by atoms with E-state index in [2.05, 4.69) is 4.74 Å². The van der Waals surface area contributed by atoms with Crippen LogP contribution in [0.15, 0.2) is 0 Å². The van der Waals surface area contributed by atoms with E-state index in [1.165, 1.54) is 6.92 Å². The van der Waals surface area contributed by atoms with Crippen molar-refractivity contribution in [3.05, 3.63) is 0 Å². The third kappa shape index (κ3) is 411. The summed E-state index contributed by atoms with van der Waals surface area (Å²) in [6.07, 6.45) is 0. The van der Waals surface area contributed by atoms with Crippen molar-refractivity contribution in [1.82, 2.24) is 0 Å². The number of ether oxygens (including phenoxy) is 1. The molecule has 0 spiro atoms. The number of rotatable bonds is 1. The van der Waals surface area contributed by atoms with Crippen molar-refractivity contribution in [2.24, 2.45) is 0 Å². The summed E-state index contributed by atoms with van der Waals surface area (Å²) in [6, 6.07) is 0. The van der Waals surface area contributed by atoms with Crippen molar-refractivity contribution in [1.29, 1.82) is 0 Å². The van der Waals surface area contributed by atoms with Crippen molar-refractivity contribution in [2.45, 2.75) is 27.7 Å². The van der Waals surface area contributed by atoms with E-state index < -0.39 is 11.9 Å². The Balaban J connectivity index is -0.0000000606. The SMILES string of the molecule is CC(=O)O.CC(=O)O.CCOC(C)=O.[AlH3]. The summed E-state index contributed by atoms with van der Waals surface area (Å²) in [5, 5.41) is 14.8. The maximum atomic E-state index is 9.82. The third-order valence-corrected chi connectivity index (χ3v) is 0.348. The highest BCUT2D eigenvalue weighted by Crippen LogP contribution is 1.69. The smallest absolute Gasteiger partial charge is 0.302 e. The topological polar surface area (TPSA) is 101 Å². The van der Waals surface area contributed by atoms with Crippen LogP contribution < -0.4 is 0 Å². The molecular formula is C8H19AlO6. The first kappa shape index (κ1) is 23.6. The second-order valence-corrected chi connectivity index (χ2v) is 1.96. The van der Waals surface area contributed by atoms with Crippen LogP contribution in [-0.4, -0.2) is 52.1 Å². The molecule has 0 fully saturated rings. The average molecular weight is 238 g/mol. The number of hydrogen-bond acceptors (Lipinski definition) is 4. The Hall–Kier alpha value is -1.06. The average Bonchev–Trinajstić information content (AvgIpc) is 1.82. The van der Waals surface area contributed by atoms with Gasteiger partial charge in [-0.15, -0.1) is 0 Å². The van der Waals surface area contributed by atoms with Crippen LogP contribution in [0, 0.1) is 0 Å². The van der Waals surface area contributed by atoms with Gasteiger partial charge < -0.3 is 14.9 Å². The summed E-state index contributed by atoms with van der Waals surface area (Å²) in [4.78, 5) is 27.8. The number of hydrogen-bond donors (Lipinski definition) is 2. The lowest BCUT2D eigenvalue weighted by Crippen LogP contribution is -1.95. The number of esters is 1. The van der Waals surface area contributed by atoms with E-state index in [0.717, 1.165) is 13.8 Å². The Kier molecular flexibility index (Phi) is 29.4. The highest BCUT2D eigenvalue weighted by atomic mass is 27.0. The highest BCUT2D eigenvalue weighted by molar-refractivity contribution is 5.75. The first-order chi connectivity index (χ1) is 6.23.